The molecular weight excluding hydrogens is 374 g/mol. The van der Waals surface area contributed by atoms with Crippen LogP contribution in [0.3, 0.4) is 0 Å². The van der Waals surface area contributed by atoms with Gasteiger partial charge in [0.1, 0.15) is 12.1 Å². The molecule has 2 aromatic carbocycles. The average molecular weight is 393 g/mol. The lowest BCUT2D eigenvalue weighted by atomic mass is 10.1. The molecule has 7 nitrogen and oxygen atoms in total. The minimum Gasteiger partial charge on any atom is -0.497 e. The molecule has 0 amide bonds. The smallest absolute Gasteiger partial charge is 0.247 e. The fourth-order valence-electron chi connectivity index (χ4n) is 2.74. The van der Waals surface area contributed by atoms with E-state index in [0.717, 1.165) is 27.7 Å². The van der Waals surface area contributed by atoms with Crippen molar-refractivity contribution in [3.05, 3.63) is 66.3 Å². The van der Waals surface area contributed by atoms with Crippen molar-refractivity contribution in [2.24, 2.45) is 0 Å². The molecule has 142 valence electrons. The summed E-state index contributed by atoms with van der Waals surface area (Å²) in [6.07, 6.45) is 1.68. The Morgan fingerprint density at radius 3 is 2.75 bits per heavy atom. The Morgan fingerprint density at radius 1 is 1.07 bits per heavy atom. The quantitative estimate of drug-likeness (QED) is 0.447. The first kappa shape index (κ1) is 18.2. The first-order valence-electron chi connectivity index (χ1n) is 8.75. The van der Waals surface area contributed by atoms with Crippen molar-refractivity contribution >= 4 is 11.8 Å². The summed E-state index contributed by atoms with van der Waals surface area (Å²) in [5, 5.41) is 17.3. The third-order valence-electron chi connectivity index (χ3n) is 4.18. The van der Waals surface area contributed by atoms with Crippen LogP contribution in [0.1, 0.15) is 23.6 Å². The molecule has 0 N–H and O–H groups in total. The Balaban J connectivity index is 1.55. The topological polar surface area (TPSA) is 78.9 Å². The molecule has 0 aliphatic heterocycles. The van der Waals surface area contributed by atoms with Gasteiger partial charge >= 0.3 is 0 Å². The fraction of sp³-hybridized carbons (Fsp3) is 0.200. The molecule has 2 heterocycles. The zero-order valence-corrected chi connectivity index (χ0v) is 16.6. The first-order valence-corrected chi connectivity index (χ1v) is 9.63. The van der Waals surface area contributed by atoms with Crippen LogP contribution in [-0.2, 0) is 0 Å². The van der Waals surface area contributed by atoms with E-state index in [9.17, 15) is 0 Å². The molecule has 0 bridgehead atoms. The van der Waals surface area contributed by atoms with Crippen LogP contribution in [0.2, 0.25) is 0 Å². The van der Waals surface area contributed by atoms with Crippen LogP contribution in [0.5, 0.6) is 5.75 Å². The highest BCUT2D eigenvalue weighted by Crippen LogP contribution is 2.35. The zero-order chi connectivity index (χ0) is 19.5. The van der Waals surface area contributed by atoms with Gasteiger partial charge in [-0.15, -0.1) is 20.4 Å². The van der Waals surface area contributed by atoms with Crippen molar-refractivity contribution in [1.82, 2.24) is 25.0 Å². The van der Waals surface area contributed by atoms with Crippen molar-refractivity contribution in [2.75, 3.05) is 7.11 Å². The maximum absolute atomic E-state index is 5.90. The maximum Gasteiger partial charge on any atom is 0.247 e. The van der Waals surface area contributed by atoms with Gasteiger partial charge in [0, 0.05) is 11.6 Å². The molecule has 0 saturated carbocycles. The maximum atomic E-state index is 5.90. The largest absolute Gasteiger partial charge is 0.497 e. The van der Waals surface area contributed by atoms with Gasteiger partial charge in [-0.3, -0.25) is 4.57 Å². The normalized spacial score (nSPS) is 12.1. The second-order valence-electron chi connectivity index (χ2n) is 6.26. The summed E-state index contributed by atoms with van der Waals surface area (Å²) in [5.41, 5.74) is 2.98. The molecule has 0 aliphatic rings. The molecule has 0 radical (unpaired) electrons. The van der Waals surface area contributed by atoms with Crippen molar-refractivity contribution in [2.45, 2.75) is 24.3 Å². The van der Waals surface area contributed by atoms with Crippen LogP contribution in [0.25, 0.3) is 17.1 Å². The number of rotatable bonds is 6. The molecule has 0 aliphatic carbocycles. The summed E-state index contributed by atoms with van der Waals surface area (Å²) < 4.78 is 13.1. The highest BCUT2D eigenvalue weighted by Gasteiger charge is 2.19. The van der Waals surface area contributed by atoms with Crippen LogP contribution < -0.4 is 4.74 Å². The van der Waals surface area contributed by atoms with Crippen LogP contribution in [0.15, 0.2) is 64.4 Å². The Morgan fingerprint density at radius 2 is 1.93 bits per heavy atom. The van der Waals surface area contributed by atoms with E-state index < -0.39 is 0 Å². The molecule has 4 aromatic rings. The molecule has 2 aromatic heterocycles. The summed E-state index contributed by atoms with van der Waals surface area (Å²) in [6, 6.07) is 15.7. The number of benzene rings is 2. The number of methoxy groups -OCH3 is 1. The summed E-state index contributed by atoms with van der Waals surface area (Å²) in [4.78, 5) is 0. The number of hydrogen-bond acceptors (Lipinski definition) is 7. The summed E-state index contributed by atoms with van der Waals surface area (Å²) >= 11 is 1.50. The molecule has 0 fully saturated rings. The molecule has 8 heteroatoms. The van der Waals surface area contributed by atoms with E-state index in [-0.39, 0.29) is 5.25 Å². The van der Waals surface area contributed by atoms with Crippen molar-refractivity contribution < 1.29 is 9.15 Å². The van der Waals surface area contributed by atoms with Gasteiger partial charge in [-0.25, -0.2) is 0 Å². The van der Waals surface area contributed by atoms with Crippen molar-refractivity contribution in [3.63, 3.8) is 0 Å². The van der Waals surface area contributed by atoms with Crippen LogP contribution in [-0.4, -0.2) is 32.1 Å². The fourth-order valence-corrected chi connectivity index (χ4v) is 3.62. The minimum atomic E-state index is -0.0837. The lowest BCUT2D eigenvalue weighted by molar-refractivity contribution is 0.414. The molecule has 28 heavy (non-hydrogen) atoms. The van der Waals surface area contributed by atoms with E-state index in [1.54, 1.807) is 13.4 Å². The number of hydrogen-bond donors (Lipinski definition) is 0. The third kappa shape index (κ3) is 3.77. The summed E-state index contributed by atoms with van der Waals surface area (Å²) in [5.74, 6) is 1.83. The van der Waals surface area contributed by atoms with Crippen LogP contribution >= 0.6 is 11.8 Å². The third-order valence-corrected chi connectivity index (χ3v) is 5.23. The number of nitrogens with zero attached hydrogens (tertiary/aromatic N) is 5. The summed E-state index contributed by atoms with van der Waals surface area (Å²) in [7, 11) is 1.64. The number of aromatic nitrogens is 5. The molecule has 0 saturated heterocycles. The van der Waals surface area contributed by atoms with Gasteiger partial charge in [-0.2, -0.15) is 0 Å². The Bertz CT molecular complexity index is 1090. The van der Waals surface area contributed by atoms with Gasteiger partial charge in [-0.05, 0) is 38.1 Å². The standard InChI is InChI=1S/C20H19N5O2S/c1-13-6-4-7-15(10-13)19-23-22-18(27-19)14(2)28-20-24-21-12-25(20)16-8-5-9-17(11-16)26-3/h4-12,14H,1-3H3. The number of aryl methyl sites for hydroxylation is 1. The first-order chi connectivity index (χ1) is 13.6. The zero-order valence-electron chi connectivity index (χ0n) is 15.7. The predicted molar refractivity (Wildman–Crippen MR) is 107 cm³/mol. The van der Waals surface area contributed by atoms with Gasteiger partial charge in [0.15, 0.2) is 5.16 Å². The van der Waals surface area contributed by atoms with Gasteiger partial charge in [-0.1, -0.05) is 35.5 Å². The molecular formula is C20H19N5O2S. The number of thioether (sulfide) groups is 1. The molecule has 1 unspecified atom stereocenters. The van der Waals surface area contributed by atoms with Crippen LogP contribution in [0.4, 0.5) is 0 Å². The second-order valence-corrected chi connectivity index (χ2v) is 7.57. The van der Waals surface area contributed by atoms with E-state index in [2.05, 4.69) is 20.4 Å². The highest BCUT2D eigenvalue weighted by atomic mass is 32.2. The SMILES string of the molecule is COc1cccc(-n2cnnc2SC(C)c2nnc(-c3cccc(C)c3)o2)c1. The van der Waals surface area contributed by atoms with Gasteiger partial charge in [0.05, 0.1) is 18.0 Å². The lowest BCUT2D eigenvalue weighted by Gasteiger charge is -2.09. The highest BCUT2D eigenvalue weighted by molar-refractivity contribution is 7.99. The molecule has 0 spiro atoms. The summed E-state index contributed by atoms with van der Waals surface area (Å²) in [6.45, 7) is 4.04. The molecule has 4 rings (SSSR count). The average Bonchev–Trinajstić information content (AvgIpc) is 3.38. The van der Waals surface area contributed by atoms with Gasteiger partial charge < -0.3 is 9.15 Å². The second kappa shape index (κ2) is 7.85. The van der Waals surface area contributed by atoms with Crippen molar-refractivity contribution in [1.29, 1.82) is 0 Å². The van der Waals surface area contributed by atoms with E-state index in [1.165, 1.54) is 11.8 Å². The lowest BCUT2D eigenvalue weighted by Crippen LogP contribution is -1.98. The van der Waals surface area contributed by atoms with E-state index in [1.807, 2.05) is 66.9 Å². The van der Waals surface area contributed by atoms with E-state index >= 15 is 0 Å². The van der Waals surface area contributed by atoms with E-state index in [0.29, 0.717) is 11.8 Å². The molecule has 1 atom stereocenters. The Kier molecular flexibility index (Phi) is 5.12. The number of ether oxygens (including phenoxy) is 1. The van der Waals surface area contributed by atoms with Crippen molar-refractivity contribution in [3.8, 4) is 22.9 Å². The predicted octanol–water partition coefficient (Wildman–Crippen LogP) is 4.49. The van der Waals surface area contributed by atoms with Gasteiger partial charge in [0.25, 0.3) is 0 Å². The minimum absolute atomic E-state index is 0.0837. The monoisotopic (exact) mass is 393 g/mol. The Hall–Kier alpha value is -3.13. The van der Waals surface area contributed by atoms with Crippen LogP contribution in [0, 0.1) is 6.92 Å². The van der Waals surface area contributed by atoms with Gasteiger partial charge in [0.2, 0.25) is 11.8 Å². The van der Waals surface area contributed by atoms with E-state index in [4.69, 9.17) is 9.15 Å². The Labute approximate surface area is 166 Å².